The molecule has 1 aromatic heterocycles. The fraction of sp³-hybridized carbons (Fsp3) is 0.316. The summed E-state index contributed by atoms with van der Waals surface area (Å²) in [5.41, 5.74) is 2.04. The molecule has 2 aromatic carbocycles. The molecule has 0 aliphatic heterocycles. The number of carbonyl (C=O) groups is 1. The van der Waals surface area contributed by atoms with Crippen molar-refractivity contribution in [1.82, 2.24) is 4.98 Å². The molecule has 0 saturated carbocycles. The van der Waals surface area contributed by atoms with Crippen molar-refractivity contribution in [2.24, 2.45) is 0 Å². The van der Waals surface area contributed by atoms with Gasteiger partial charge in [0.2, 0.25) is 0 Å². The van der Waals surface area contributed by atoms with Gasteiger partial charge < -0.3 is 15.0 Å². The number of hydrogen-bond acceptors (Lipinski definition) is 3. The van der Waals surface area contributed by atoms with Crippen LogP contribution in [0.5, 0.6) is 0 Å². The molecule has 0 spiro atoms. The lowest BCUT2D eigenvalue weighted by molar-refractivity contribution is 0.0521. The first-order valence-electron chi connectivity index (χ1n) is 7.89. The van der Waals surface area contributed by atoms with Gasteiger partial charge in [0.1, 0.15) is 5.69 Å². The van der Waals surface area contributed by atoms with Crippen LogP contribution < -0.4 is 5.32 Å². The Hall–Kier alpha value is -2.49. The van der Waals surface area contributed by atoms with Crippen LogP contribution in [0.1, 0.15) is 38.2 Å². The fourth-order valence-corrected chi connectivity index (χ4v) is 2.82. The largest absolute Gasteiger partial charge is 0.461 e. The second kappa shape index (κ2) is 5.61. The van der Waals surface area contributed by atoms with E-state index in [1.54, 1.807) is 0 Å². The monoisotopic (exact) mass is 310 g/mol. The number of hydrogen-bond donors (Lipinski definition) is 2. The van der Waals surface area contributed by atoms with Gasteiger partial charge in [0.25, 0.3) is 0 Å². The van der Waals surface area contributed by atoms with Gasteiger partial charge in [-0.15, -0.1) is 0 Å². The van der Waals surface area contributed by atoms with Crippen molar-refractivity contribution >= 4 is 33.3 Å². The quantitative estimate of drug-likeness (QED) is 0.689. The zero-order chi connectivity index (χ0) is 16.6. The lowest BCUT2D eigenvalue weighted by Gasteiger charge is -2.22. The topological polar surface area (TPSA) is 54.1 Å². The van der Waals surface area contributed by atoms with Crippen molar-refractivity contribution in [3.8, 4) is 0 Å². The van der Waals surface area contributed by atoms with Gasteiger partial charge in [0, 0.05) is 16.4 Å². The molecule has 0 amide bonds. The Morgan fingerprint density at radius 1 is 1.17 bits per heavy atom. The van der Waals surface area contributed by atoms with E-state index in [0.29, 0.717) is 12.3 Å². The van der Waals surface area contributed by atoms with Crippen molar-refractivity contribution in [1.29, 1.82) is 0 Å². The fourth-order valence-electron chi connectivity index (χ4n) is 2.82. The second-order valence-corrected chi connectivity index (χ2v) is 6.68. The number of carbonyl (C=O) groups excluding carboxylic acids is 1. The number of H-pyrrole nitrogens is 1. The minimum atomic E-state index is -0.334. The zero-order valence-electron chi connectivity index (χ0n) is 14.0. The van der Waals surface area contributed by atoms with E-state index in [4.69, 9.17) is 4.74 Å². The molecule has 4 nitrogen and oxygen atoms in total. The lowest BCUT2D eigenvalue weighted by Crippen LogP contribution is -2.27. The first kappa shape index (κ1) is 15.4. The summed E-state index contributed by atoms with van der Waals surface area (Å²) < 4.78 is 5.21. The van der Waals surface area contributed by atoms with Gasteiger partial charge in [0.05, 0.1) is 12.3 Å². The van der Waals surface area contributed by atoms with Crippen molar-refractivity contribution < 1.29 is 9.53 Å². The molecule has 1 heterocycles. The number of benzene rings is 2. The molecule has 3 rings (SSSR count). The van der Waals surface area contributed by atoms with E-state index in [0.717, 1.165) is 27.4 Å². The van der Waals surface area contributed by atoms with Crippen LogP contribution in [0, 0.1) is 0 Å². The maximum atomic E-state index is 12.4. The van der Waals surface area contributed by atoms with Crippen LogP contribution in [0.25, 0.3) is 21.7 Å². The predicted molar refractivity (Wildman–Crippen MR) is 95.1 cm³/mol. The lowest BCUT2D eigenvalue weighted by atomic mass is 10.0. The Bertz CT molecular complexity index is 872. The summed E-state index contributed by atoms with van der Waals surface area (Å²) in [5.74, 6) is -0.334. The van der Waals surface area contributed by atoms with Crippen molar-refractivity contribution in [2.75, 3.05) is 11.9 Å². The minimum absolute atomic E-state index is 0.173. The number of rotatable bonds is 3. The molecule has 0 bridgehead atoms. The summed E-state index contributed by atoms with van der Waals surface area (Å²) in [7, 11) is 0. The molecule has 3 aromatic rings. The van der Waals surface area contributed by atoms with Crippen molar-refractivity contribution in [3.63, 3.8) is 0 Å². The highest BCUT2D eigenvalue weighted by molar-refractivity contribution is 6.17. The molecule has 0 radical (unpaired) electrons. The van der Waals surface area contributed by atoms with Crippen LogP contribution in [0.15, 0.2) is 36.4 Å². The molecule has 0 aliphatic carbocycles. The van der Waals surface area contributed by atoms with Crippen LogP contribution in [0.4, 0.5) is 5.69 Å². The van der Waals surface area contributed by atoms with Crippen LogP contribution in [0.3, 0.4) is 0 Å². The van der Waals surface area contributed by atoms with Gasteiger partial charge in [-0.3, -0.25) is 0 Å². The maximum Gasteiger partial charge on any atom is 0.356 e. The number of ether oxygens (including phenoxy) is 1. The standard InChI is InChI=1S/C19H22N2O2/c1-5-23-18(22)17-16(21-19(2,3)4)15-13-9-7-6-8-12(13)10-11-14(15)20-17/h6-11,20-21H,5H2,1-4H3. The molecular weight excluding hydrogens is 288 g/mol. The third kappa shape index (κ3) is 2.89. The molecule has 0 fully saturated rings. The SMILES string of the molecule is CCOC(=O)c1[nH]c2ccc3ccccc3c2c1NC(C)(C)C. The smallest absolute Gasteiger partial charge is 0.356 e. The predicted octanol–water partition coefficient (Wildman–Crippen LogP) is 4.71. The Morgan fingerprint density at radius 2 is 1.91 bits per heavy atom. The summed E-state index contributed by atoms with van der Waals surface area (Å²) in [6.07, 6.45) is 0. The van der Waals surface area contributed by atoms with Gasteiger partial charge in [-0.05, 0) is 44.5 Å². The van der Waals surface area contributed by atoms with Gasteiger partial charge >= 0.3 is 5.97 Å². The van der Waals surface area contributed by atoms with E-state index in [-0.39, 0.29) is 11.5 Å². The molecule has 0 atom stereocenters. The van der Waals surface area contributed by atoms with Crippen molar-refractivity contribution in [2.45, 2.75) is 33.2 Å². The molecule has 4 heteroatoms. The number of nitrogens with one attached hydrogen (secondary N) is 2. The van der Waals surface area contributed by atoms with E-state index in [1.807, 2.05) is 25.1 Å². The Morgan fingerprint density at radius 3 is 2.61 bits per heavy atom. The van der Waals surface area contributed by atoms with Crippen LogP contribution in [-0.4, -0.2) is 23.1 Å². The van der Waals surface area contributed by atoms with Gasteiger partial charge in [-0.1, -0.05) is 30.3 Å². The average Bonchev–Trinajstić information content (AvgIpc) is 2.85. The number of fused-ring (bicyclic) bond motifs is 3. The highest BCUT2D eigenvalue weighted by Crippen LogP contribution is 2.36. The Labute approximate surface area is 135 Å². The summed E-state index contributed by atoms with van der Waals surface area (Å²) in [4.78, 5) is 15.6. The summed E-state index contributed by atoms with van der Waals surface area (Å²) in [6, 6.07) is 12.3. The van der Waals surface area contributed by atoms with Gasteiger partial charge in [0.15, 0.2) is 0 Å². The normalized spacial score (nSPS) is 11.8. The molecule has 23 heavy (non-hydrogen) atoms. The molecule has 2 N–H and O–H groups in total. The van der Waals surface area contributed by atoms with E-state index in [1.165, 1.54) is 0 Å². The van der Waals surface area contributed by atoms with E-state index >= 15 is 0 Å². The molecule has 120 valence electrons. The summed E-state index contributed by atoms with van der Waals surface area (Å²) >= 11 is 0. The molecule has 0 aliphatic rings. The first-order valence-corrected chi connectivity index (χ1v) is 7.89. The highest BCUT2D eigenvalue weighted by Gasteiger charge is 2.23. The molecule has 0 unspecified atom stereocenters. The Balaban J connectivity index is 2.33. The third-order valence-electron chi connectivity index (χ3n) is 3.67. The van der Waals surface area contributed by atoms with Crippen molar-refractivity contribution in [3.05, 3.63) is 42.1 Å². The van der Waals surface area contributed by atoms with E-state index in [2.05, 4.69) is 49.3 Å². The molecule has 0 saturated heterocycles. The van der Waals surface area contributed by atoms with Crippen LogP contribution in [0.2, 0.25) is 0 Å². The number of esters is 1. The maximum absolute atomic E-state index is 12.4. The average molecular weight is 310 g/mol. The van der Waals surface area contributed by atoms with Crippen LogP contribution in [-0.2, 0) is 4.74 Å². The number of aromatic nitrogens is 1. The summed E-state index contributed by atoms with van der Waals surface area (Å²) in [5, 5.41) is 6.76. The van der Waals surface area contributed by atoms with E-state index < -0.39 is 0 Å². The zero-order valence-corrected chi connectivity index (χ0v) is 14.0. The highest BCUT2D eigenvalue weighted by atomic mass is 16.5. The van der Waals surface area contributed by atoms with Gasteiger partial charge in [-0.2, -0.15) is 0 Å². The first-order chi connectivity index (χ1) is 10.9. The number of aromatic amines is 1. The second-order valence-electron chi connectivity index (χ2n) is 6.68. The molecular formula is C19H22N2O2. The Kier molecular flexibility index (Phi) is 3.76. The number of anilines is 1. The van der Waals surface area contributed by atoms with Crippen LogP contribution >= 0.6 is 0 Å². The van der Waals surface area contributed by atoms with E-state index in [9.17, 15) is 4.79 Å². The summed E-state index contributed by atoms with van der Waals surface area (Å²) in [6.45, 7) is 8.39. The minimum Gasteiger partial charge on any atom is -0.461 e. The van der Waals surface area contributed by atoms with Gasteiger partial charge in [-0.25, -0.2) is 4.79 Å². The third-order valence-corrected chi connectivity index (χ3v) is 3.67.